The number of rotatable bonds is 2. The van der Waals surface area contributed by atoms with Crippen molar-refractivity contribution in [1.29, 1.82) is 0 Å². The first-order chi connectivity index (χ1) is 9.98. The molecular weight excluding hydrogens is 276 g/mol. The van der Waals surface area contributed by atoms with Crippen LogP contribution in [0.25, 0.3) is 11.3 Å². The number of hydrogen-bond acceptors (Lipinski definition) is 3. The second kappa shape index (κ2) is 5.54. The lowest BCUT2D eigenvalue weighted by Gasteiger charge is -2.35. The summed E-state index contributed by atoms with van der Waals surface area (Å²) in [5.74, 6) is 0.706. The molecule has 3 heteroatoms. The van der Waals surface area contributed by atoms with Crippen molar-refractivity contribution in [3.63, 3.8) is 0 Å². The maximum absolute atomic E-state index is 6.67. The highest BCUT2D eigenvalue weighted by Gasteiger charge is 2.35. The Balaban J connectivity index is 1.92. The van der Waals surface area contributed by atoms with E-state index >= 15 is 0 Å². The molecule has 2 unspecified atom stereocenters. The molecule has 1 aliphatic carbocycles. The quantitative estimate of drug-likeness (QED) is 0.866. The molecule has 0 radical (unpaired) electrons. The largest absolute Gasteiger partial charge is 0.319 e. The molecule has 1 aromatic carbocycles. The van der Waals surface area contributed by atoms with Crippen molar-refractivity contribution >= 4 is 11.3 Å². The van der Waals surface area contributed by atoms with Gasteiger partial charge in [0, 0.05) is 10.9 Å². The van der Waals surface area contributed by atoms with Crippen LogP contribution >= 0.6 is 11.3 Å². The van der Waals surface area contributed by atoms with Crippen LogP contribution in [0.1, 0.15) is 48.7 Å². The predicted molar refractivity (Wildman–Crippen MR) is 90.5 cm³/mol. The molecule has 0 amide bonds. The topological polar surface area (TPSA) is 38.9 Å². The van der Waals surface area contributed by atoms with Gasteiger partial charge in [-0.15, -0.1) is 11.3 Å². The average molecular weight is 300 g/mol. The minimum absolute atomic E-state index is 0.209. The molecule has 0 aliphatic heterocycles. The van der Waals surface area contributed by atoms with Crippen molar-refractivity contribution < 1.29 is 0 Å². The number of aromatic nitrogens is 1. The molecule has 112 valence electrons. The van der Waals surface area contributed by atoms with Gasteiger partial charge in [0.05, 0.1) is 11.2 Å². The highest BCUT2D eigenvalue weighted by atomic mass is 32.1. The van der Waals surface area contributed by atoms with Crippen molar-refractivity contribution in [2.75, 3.05) is 0 Å². The van der Waals surface area contributed by atoms with Crippen molar-refractivity contribution in [3.05, 3.63) is 39.7 Å². The van der Waals surface area contributed by atoms with E-state index in [0.717, 1.165) is 23.5 Å². The van der Waals surface area contributed by atoms with Gasteiger partial charge < -0.3 is 5.73 Å². The van der Waals surface area contributed by atoms with Crippen LogP contribution < -0.4 is 5.73 Å². The Labute approximate surface area is 131 Å². The zero-order chi connectivity index (χ0) is 15.0. The monoisotopic (exact) mass is 300 g/mol. The third-order valence-electron chi connectivity index (χ3n) is 4.62. The van der Waals surface area contributed by atoms with Crippen LogP contribution in [0.4, 0.5) is 0 Å². The molecule has 0 saturated heterocycles. The van der Waals surface area contributed by atoms with Crippen molar-refractivity contribution in [2.45, 2.75) is 52.0 Å². The molecule has 2 aromatic rings. The summed E-state index contributed by atoms with van der Waals surface area (Å²) in [6, 6.07) is 6.55. The van der Waals surface area contributed by atoms with Gasteiger partial charge in [0.15, 0.2) is 0 Å². The van der Waals surface area contributed by atoms with Crippen LogP contribution in [0.5, 0.6) is 0 Å². The maximum Gasteiger partial charge on any atom is 0.113 e. The molecule has 3 rings (SSSR count). The lowest BCUT2D eigenvalue weighted by atomic mass is 9.77. The molecule has 0 spiro atoms. The highest BCUT2D eigenvalue weighted by molar-refractivity contribution is 7.10. The maximum atomic E-state index is 6.67. The van der Waals surface area contributed by atoms with E-state index in [2.05, 4.69) is 44.4 Å². The van der Waals surface area contributed by atoms with E-state index in [0.29, 0.717) is 5.92 Å². The van der Waals surface area contributed by atoms with Crippen LogP contribution in [0, 0.1) is 19.8 Å². The zero-order valence-corrected chi connectivity index (χ0v) is 14.0. The van der Waals surface area contributed by atoms with E-state index in [1.165, 1.54) is 29.5 Å². The summed E-state index contributed by atoms with van der Waals surface area (Å²) in [4.78, 5) is 4.89. The van der Waals surface area contributed by atoms with E-state index in [9.17, 15) is 0 Å². The Bertz CT molecular complexity index is 646. The van der Waals surface area contributed by atoms with Crippen LogP contribution in [0.15, 0.2) is 23.6 Å². The lowest BCUT2D eigenvalue weighted by Crippen LogP contribution is -2.40. The molecule has 1 heterocycles. The normalized spacial score (nSPS) is 26.0. The first-order valence-corrected chi connectivity index (χ1v) is 8.68. The summed E-state index contributed by atoms with van der Waals surface area (Å²) in [5.41, 5.74) is 11.4. The molecule has 2 nitrogen and oxygen atoms in total. The van der Waals surface area contributed by atoms with E-state index in [4.69, 9.17) is 10.7 Å². The van der Waals surface area contributed by atoms with Gasteiger partial charge in [-0.2, -0.15) is 0 Å². The number of hydrogen-bond donors (Lipinski definition) is 1. The molecule has 0 bridgehead atoms. The first-order valence-electron chi connectivity index (χ1n) is 7.80. The summed E-state index contributed by atoms with van der Waals surface area (Å²) in [5, 5.41) is 3.28. The molecule has 1 aliphatic rings. The number of benzene rings is 1. The minimum atomic E-state index is -0.209. The van der Waals surface area contributed by atoms with E-state index < -0.39 is 0 Å². The number of nitrogens with two attached hydrogens (primary N) is 1. The smallest absolute Gasteiger partial charge is 0.113 e. The fourth-order valence-electron chi connectivity index (χ4n) is 3.51. The summed E-state index contributed by atoms with van der Waals surface area (Å²) >= 11 is 1.73. The van der Waals surface area contributed by atoms with Gasteiger partial charge in [0.25, 0.3) is 0 Å². The summed E-state index contributed by atoms with van der Waals surface area (Å²) in [6.45, 7) is 6.59. The standard InChI is InChI=1S/C18H24N2S/c1-12-6-7-15(14(3)9-12)16-11-21-17(20-16)18(19)8-4-5-13(2)10-18/h6-7,9,11,13H,4-5,8,10,19H2,1-3H3. The molecule has 2 N–H and O–H groups in total. The lowest BCUT2D eigenvalue weighted by molar-refractivity contribution is 0.238. The molecular formula is C18H24N2S. The number of nitrogens with zero attached hydrogens (tertiary/aromatic N) is 1. The van der Waals surface area contributed by atoms with Crippen molar-refractivity contribution in [1.82, 2.24) is 4.98 Å². The molecule has 2 atom stereocenters. The van der Waals surface area contributed by atoms with E-state index in [1.54, 1.807) is 11.3 Å². The number of thiazole rings is 1. The van der Waals surface area contributed by atoms with Gasteiger partial charge in [-0.05, 0) is 38.2 Å². The summed E-state index contributed by atoms with van der Waals surface area (Å²) in [6.07, 6.45) is 4.65. The molecule has 1 aromatic heterocycles. The van der Waals surface area contributed by atoms with Gasteiger partial charge >= 0.3 is 0 Å². The fourth-order valence-corrected chi connectivity index (χ4v) is 4.49. The number of aryl methyl sites for hydroxylation is 2. The minimum Gasteiger partial charge on any atom is -0.319 e. The Morgan fingerprint density at radius 3 is 2.86 bits per heavy atom. The van der Waals surface area contributed by atoms with Gasteiger partial charge in [0.2, 0.25) is 0 Å². The predicted octanol–water partition coefficient (Wildman–Crippen LogP) is 4.79. The Kier molecular flexibility index (Phi) is 3.89. The third kappa shape index (κ3) is 2.90. The van der Waals surface area contributed by atoms with E-state index in [1.807, 2.05) is 0 Å². The summed E-state index contributed by atoms with van der Waals surface area (Å²) in [7, 11) is 0. The van der Waals surface area contributed by atoms with Gasteiger partial charge in [-0.3, -0.25) is 0 Å². The van der Waals surface area contributed by atoms with Crippen LogP contribution in [0.3, 0.4) is 0 Å². The highest BCUT2D eigenvalue weighted by Crippen LogP contribution is 2.40. The van der Waals surface area contributed by atoms with Gasteiger partial charge in [-0.1, -0.05) is 43.5 Å². The van der Waals surface area contributed by atoms with Crippen LogP contribution in [-0.4, -0.2) is 4.98 Å². The Hall–Kier alpha value is -1.19. The summed E-state index contributed by atoms with van der Waals surface area (Å²) < 4.78 is 0. The second-order valence-electron chi connectivity index (χ2n) is 6.71. The van der Waals surface area contributed by atoms with Gasteiger partial charge in [0.1, 0.15) is 5.01 Å². The average Bonchev–Trinajstić information content (AvgIpc) is 2.88. The van der Waals surface area contributed by atoms with Crippen LogP contribution in [-0.2, 0) is 5.54 Å². The Morgan fingerprint density at radius 1 is 1.33 bits per heavy atom. The fraction of sp³-hybridized carbons (Fsp3) is 0.500. The van der Waals surface area contributed by atoms with Gasteiger partial charge in [-0.25, -0.2) is 4.98 Å². The van der Waals surface area contributed by atoms with Crippen molar-refractivity contribution in [3.8, 4) is 11.3 Å². The SMILES string of the molecule is Cc1ccc(-c2csc(C3(N)CCCC(C)C3)n2)c(C)c1. The Morgan fingerprint density at radius 2 is 2.14 bits per heavy atom. The molecule has 1 fully saturated rings. The van der Waals surface area contributed by atoms with E-state index in [-0.39, 0.29) is 5.54 Å². The molecule has 1 saturated carbocycles. The van der Waals surface area contributed by atoms with Crippen molar-refractivity contribution in [2.24, 2.45) is 11.7 Å². The second-order valence-corrected chi connectivity index (χ2v) is 7.57. The van der Waals surface area contributed by atoms with Crippen LogP contribution in [0.2, 0.25) is 0 Å². The zero-order valence-electron chi connectivity index (χ0n) is 13.1. The molecule has 21 heavy (non-hydrogen) atoms. The third-order valence-corrected chi connectivity index (χ3v) is 5.68. The first kappa shape index (κ1) is 14.7.